The molecule has 0 saturated carbocycles. The molecule has 0 aliphatic carbocycles. The molecule has 0 radical (unpaired) electrons. The summed E-state index contributed by atoms with van der Waals surface area (Å²) in [5.41, 5.74) is 7.10. The molecule has 0 atom stereocenters. The first-order chi connectivity index (χ1) is 21.8. The monoisotopic (exact) mass is 555 g/mol. The molecule has 10 rings (SSSR count). The van der Waals surface area contributed by atoms with Gasteiger partial charge in [-0.1, -0.05) is 115 Å². The minimum absolute atomic E-state index is 0.987. The van der Waals surface area contributed by atoms with E-state index < -0.39 is 0 Å². The SMILES string of the molecule is c1ccc(-c2c3cc(-c4cccc(-c5ccccn5)c4)cc4c5ccccc5c(c34)c3c4cccc5cccc(c23)c54)cc1. The van der Waals surface area contributed by atoms with Crippen LogP contribution in [0, 0.1) is 0 Å². The van der Waals surface area contributed by atoms with Crippen molar-refractivity contribution in [3.63, 3.8) is 0 Å². The van der Waals surface area contributed by atoms with Crippen molar-refractivity contribution in [3.05, 3.63) is 152 Å². The molecule has 0 amide bonds. The lowest BCUT2D eigenvalue weighted by molar-refractivity contribution is 1.33. The first kappa shape index (κ1) is 23.7. The summed E-state index contributed by atoms with van der Waals surface area (Å²) in [7, 11) is 0. The number of hydrogen-bond donors (Lipinski definition) is 0. The average Bonchev–Trinajstić information content (AvgIpc) is 3.61. The summed E-state index contributed by atoms with van der Waals surface area (Å²) in [5.74, 6) is 0. The summed E-state index contributed by atoms with van der Waals surface area (Å²) in [4.78, 5) is 4.64. The van der Waals surface area contributed by atoms with Crippen LogP contribution in [0.15, 0.2) is 152 Å². The quantitative estimate of drug-likeness (QED) is 0.211. The second-order valence-corrected chi connectivity index (χ2v) is 11.9. The Morgan fingerprint density at radius 1 is 0.318 bits per heavy atom. The zero-order valence-corrected chi connectivity index (χ0v) is 23.9. The number of rotatable bonds is 3. The van der Waals surface area contributed by atoms with Gasteiger partial charge in [0.05, 0.1) is 5.69 Å². The zero-order chi connectivity index (χ0) is 28.8. The van der Waals surface area contributed by atoms with Crippen LogP contribution >= 0.6 is 0 Å². The van der Waals surface area contributed by atoms with Gasteiger partial charge < -0.3 is 0 Å². The Morgan fingerprint density at radius 3 is 1.77 bits per heavy atom. The highest BCUT2D eigenvalue weighted by Crippen LogP contribution is 2.53. The minimum atomic E-state index is 0.987. The predicted molar refractivity (Wildman–Crippen MR) is 188 cm³/mol. The largest absolute Gasteiger partial charge is 0.256 e. The third kappa shape index (κ3) is 3.16. The van der Waals surface area contributed by atoms with Gasteiger partial charge in [-0.25, -0.2) is 0 Å². The van der Waals surface area contributed by atoms with Gasteiger partial charge >= 0.3 is 0 Å². The molecule has 0 spiro atoms. The van der Waals surface area contributed by atoms with Crippen LogP contribution in [0.25, 0.3) is 98.1 Å². The van der Waals surface area contributed by atoms with Crippen LogP contribution < -0.4 is 0 Å². The lowest BCUT2D eigenvalue weighted by Crippen LogP contribution is -1.88. The molecule has 0 aliphatic heterocycles. The standard InChI is InChI=1S/C43H25N/c1-2-11-27(12-3-1)39-36-25-30(28-15-8-16-29(23-28)37-21-6-7-22-44-37)24-35-31-17-4-5-18-32(31)41(40(35)36)43-34-20-10-14-26-13-9-19-33(38(26)34)42(39)43/h1-25H. The lowest BCUT2D eigenvalue weighted by Gasteiger charge is -2.15. The van der Waals surface area contributed by atoms with E-state index in [1.54, 1.807) is 0 Å². The fourth-order valence-electron chi connectivity index (χ4n) is 7.80. The molecule has 0 saturated heterocycles. The van der Waals surface area contributed by atoms with Crippen molar-refractivity contribution >= 4 is 64.6 Å². The summed E-state index contributed by atoms with van der Waals surface area (Å²) in [5, 5.41) is 16.1. The highest BCUT2D eigenvalue weighted by Gasteiger charge is 2.25. The molecule has 1 nitrogen and oxygen atoms in total. The van der Waals surface area contributed by atoms with E-state index in [-0.39, 0.29) is 0 Å². The van der Waals surface area contributed by atoms with E-state index in [0.29, 0.717) is 0 Å². The van der Waals surface area contributed by atoms with Crippen molar-refractivity contribution in [2.45, 2.75) is 0 Å². The lowest BCUT2D eigenvalue weighted by atomic mass is 9.88. The molecule has 0 aliphatic rings. The van der Waals surface area contributed by atoms with Crippen LogP contribution in [0.3, 0.4) is 0 Å². The van der Waals surface area contributed by atoms with E-state index in [4.69, 9.17) is 0 Å². The normalized spacial score (nSPS) is 12.1. The van der Waals surface area contributed by atoms with E-state index >= 15 is 0 Å². The zero-order valence-electron chi connectivity index (χ0n) is 23.9. The number of aromatic nitrogens is 1. The van der Waals surface area contributed by atoms with Gasteiger partial charge in [0.1, 0.15) is 0 Å². The third-order valence-electron chi connectivity index (χ3n) is 9.56. The van der Waals surface area contributed by atoms with E-state index in [1.807, 2.05) is 12.3 Å². The molecule has 0 bridgehead atoms. The van der Waals surface area contributed by atoms with Crippen LogP contribution in [0.1, 0.15) is 0 Å². The summed E-state index contributed by atoms with van der Waals surface area (Å²) < 4.78 is 0. The van der Waals surface area contributed by atoms with Crippen molar-refractivity contribution in [1.29, 1.82) is 0 Å². The number of pyridine rings is 1. The third-order valence-corrected chi connectivity index (χ3v) is 9.56. The fraction of sp³-hybridized carbons (Fsp3) is 0. The molecule has 0 fully saturated rings. The Kier molecular flexibility index (Phi) is 4.78. The highest BCUT2D eigenvalue weighted by molar-refractivity contribution is 6.48. The second-order valence-electron chi connectivity index (χ2n) is 11.9. The van der Waals surface area contributed by atoms with Crippen LogP contribution in [0.2, 0.25) is 0 Å². The molecule has 1 heteroatoms. The maximum absolute atomic E-state index is 4.64. The Bertz CT molecular complexity index is 2680. The smallest absolute Gasteiger partial charge is 0.0702 e. The molecule has 202 valence electrons. The van der Waals surface area contributed by atoms with Gasteiger partial charge in [0.25, 0.3) is 0 Å². The van der Waals surface area contributed by atoms with Gasteiger partial charge in [0, 0.05) is 11.8 Å². The van der Waals surface area contributed by atoms with Gasteiger partial charge in [-0.15, -0.1) is 0 Å². The van der Waals surface area contributed by atoms with Crippen molar-refractivity contribution in [1.82, 2.24) is 4.98 Å². The predicted octanol–water partition coefficient (Wildman–Crippen LogP) is 11.9. The minimum Gasteiger partial charge on any atom is -0.256 e. The fourth-order valence-corrected chi connectivity index (χ4v) is 7.80. The topological polar surface area (TPSA) is 12.9 Å². The number of fused-ring (bicyclic) bond motifs is 7. The van der Waals surface area contributed by atoms with E-state index in [9.17, 15) is 0 Å². The van der Waals surface area contributed by atoms with Gasteiger partial charge in [-0.2, -0.15) is 0 Å². The molecule has 0 N–H and O–H groups in total. The van der Waals surface area contributed by atoms with Gasteiger partial charge in [-0.3, -0.25) is 4.98 Å². The average molecular weight is 556 g/mol. The Balaban J connectivity index is 1.45. The highest BCUT2D eigenvalue weighted by atomic mass is 14.7. The molecule has 0 unspecified atom stereocenters. The summed E-state index contributed by atoms with van der Waals surface area (Å²) in [6.45, 7) is 0. The molecule has 9 aromatic carbocycles. The van der Waals surface area contributed by atoms with Crippen LogP contribution in [0.5, 0.6) is 0 Å². The number of benzene rings is 7. The Labute approximate surface area is 254 Å². The van der Waals surface area contributed by atoms with E-state index in [0.717, 1.165) is 11.3 Å². The van der Waals surface area contributed by atoms with Crippen molar-refractivity contribution in [3.8, 4) is 33.5 Å². The maximum atomic E-state index is 4.64. The van der Waals surface area contributed by atoms with Gasteiger partial charge in [0.15, 0.2) is 0 Å². The first-order valence-corrected chi connectivity index (χ1v) is 15.2. The molecular weight excluding hydrogens is 530 g/mol. The summed E-state index contributed by atoms with van der Waals surface area (Å²) in [6.07, 6.45) is 1.86. The Morgan fingerprint density at radius 2 is 0.955 bits per heavy atom. The van der Waals surface area contributed by atoms with Crippen molar-refractivity contribution in [2.75, 3.05) is 0 Å². The summed E-state index contributed by atoms with van der Waals surface area (Å²) >= 11 is 0. The molecular formula is C43H25N. The van der Waals surface area contributed by atoms with E-state index in [2.05, 4.69) is 145 Å². The van der Waals surface area contributed by atoms with E-state index in [1.165, 1.54) is 86.9 Å². The number of nitrogens with zero attached hydrogens (tertiary/aromatic N) is 1. The molecule has 10 aromatic rings. The number of hydrogen-bond acceptors (Lipinski definition) is 1. The van der Waals surface area contributed by atoms with Crippen LogP contribution in [0.4, 0.5) is 0 Å². The maximum Gasteiger partial charge on any atom is 0.0702 e. The van der Waals surface area contributed by atoms with Crippen molar-refractivity contribution in [2.24, 2.45) is 0 Å². The molecule has 44 heavy (non-hydrogen) atoms. The summed E-state index contributed by atoms with van der Waals surface area (Å²) in [6, 6.07) is 53.3. The van der Waals surface area contributed by atoms with Crippen molar-refractivity contribution < 1.29 is 0 Å². The molecule has 1 aromatic heterocycles. The van der Waals surface area contributed by atoms with Gasteiger partial charge in [-0.05, 0) is 117 Å². The van der Waals surface area contributed by atoms with Crippen LogP contribution in [-0.4, -0.2) is 4.98 Å². The Hall–Kier alpha value is -5.79. The second kappa shape index (κ2) is 8.86. The molecule has 1 heterocycles. The van der Waals surface area contributed by atoms with Crippen LogP contribution in [-0.2, 0) is 0 Å². The van der Waals surface area contributed by atoms with Gasteiger partial charge in [0.2, 0.25) is 0 Å². The first-order valence-electron chi connectivity index (χ1n) is 15.2.